The van der Waals surface area contributed by atoms with Crippen LogP contribution in [0.4, 0.5) is 0 Å². The maximum atomic E-state index is 11.8. The van der Waals surface area contributed by atoms with Crippen LogP contribution in [0.5, 0.6) is 5.75 Å². The van der Waals surface area contributed by atoms with Crippen LogP contribution in [0.2, 0.25) is 0 Å². The van der Waals surface area contributed by atoms with Gasteiger partial charge in [-0.3, -0.25) is 4.79 Å². The van der Waals surface area contributed by atoms with E-state index in [1.165, 1.54) is 6.92 Å². The minimum absolute atomic E-state index is 0.277. The topological polar surface area (TPSA) is 78.2 Å². The zero-order chi connectivity index (χ0) is 18.2. The minimum atomic E-state index is -0.719. The highest BCUT2D eigenvalue weighted by Gasteiger charge is 2.50. The second-order valence-corrected chi connectivity index (χ2v) is 6.84. The van der Waals surface area contributed by atoms with E-state index in [2.05, 4.69) is 4.99 Å². The van der Waals surface area contributed by atoms with E-state index >= 15 is 0 Å². The summed E-state index contributed by atoms with van der Waals surface area (Å²) in [6.45, 7) is 6.64. The van der Waals surface area contributed by atoms with Crippen molar-refractivity contribution in [3.8, 4) is 11.9 Å². The second-order valence-electron chi connectivity index (χ2n) is 6.84. The third kappa shape index (κ3) is 3.00. The van der Waals surface area contributed by atoms with Gasteiger partial charge in [-0.05, 0) is 19.9 Å². The first kappa shape index (κ1) is 17.1. The third-order valence-electron chi connectivity index (χ3n) is 4.64. The Morgan fingerprint density at radius 1 is 1.40 bits per heavy atom. The number of hydrogen-bond donors (Lipinski definition) is 0. The fraction of sp³-hybridized carbons (Fsp3) is 0.500. The summed E-state index contributed by atoms with van der Waals surface area (Å²) in [5.41, 5.74) is 0.206. The minimum Gasteiger partial charge on any atom is -0.484 e. The van der Waals surface area contributed by atoms with Gasteiger partial charge in [-0.2, -0.15) is 5.26 Å². The van der Waals surface area contributed by atoms with Crippen LogP contribution in [-0.2, 0) is 9.53 Å². The lowest BCUT2D eigenvalue weighted by molar-refractivity contribution is -0.166. The number of nitriles is 1. The first-order valence-electron chi connectivity index (χ1n) is 8.25. The van der Waals surface area contributed by atoms with E-state index in [4.69, 9.17) is 14.7 Å². The number of carbonyl (C=O) groups is 1. The second kappa shape index (κ2) is 6.28. The van der Waals surface area contributed by atoms with Crippen molar-refractivity contribution < 1.29 is 14.3 Å². The zero-order valence-electron chi connectivity index (χ0n) is 14.9. The van der Waals surface area contributed by atoms with Crippen LogP contribution in [0.15, 0.2) is 29.3 Å². The molecule has 7 nitrogen and oxygen atoms in total. The van der Waals surface area contributed by atoms with E-state index < -0.39 is 11.7 Å². The molecule has 0 radical (unpaired) electrons. The van der Waals surface area contributed by atoms with Crippen molar-refractivity contribution in [2.24, 2.45) is 4.99 Å². The Labute approximate surface area is 147 Å². The van der Waals surface area contributed by atoms with Crippen molar-refractivity contribution in [1.82, 2.24) is 9.80 Å². The molecular weight excluding hydrogens is 320 g/mol. The Morgan fingerprint density at radius 3 is 2.80 bits per heavy atom. The number of para-hydroxylation sites is 1. The Balaban J connectivity index is 2.13. The van der Waals surface area contributed by atoms with E-state index in [0.717, 1.165) is 17.9 Å². The quantitative estimate of drug-likeness (QED) is 0.603. The van der Waals surface area contributed by atoms with Crippen LogP contribution in [0, 0.1) is 11.5 Å². The molecule has 1 fully saturated rings. The molecule has 25 heavy (non-hydrogen) atoms. The van der Waals surface area contributed by atoms with Gasteiger partial charge >= 0.3 is 5.97 Å². The molecule has 1 aromatic carbocycles. The number of likely N-dealkylation sites (N-methyl/N-ethyl adjacent to an activating group) is 1. The van der Waals surface area contributed by atoms with Crippen LogP contribution in [-0.4, -0.2) is 53.6 Å². The molecule has 2 unspecified atom stereocenters. The highest BCUT2D eigenvalue weighted by atomic mass is 16.6. The smallest absolute Gasteiger partial charge is 0.303 e. The molecule has 2 aliphatic rings. The summed E-state index contributed by atoms with van der Waals surface area (Å²) in [5, 5.41) is 9.07. The average molecular weight is 342 g/mol. The molecule has 0 aromatic heterocycles. The summed E-state index contributed by atoms with van der Waals surface area (Å²) in [6.07, 6.45) is 1.34. The Morgan fingerprint density at radius 2 is 2.12 bits per heavy atom. The highest BCUT2D eigenvalue weighted by Crippen LogP contribution is 2.45. The molecule has 2 atom stereocenters. The monoisotopic (exact) mass is 342 g/mol. The lowest BCUT2D eigenvalue weighted by Gasteiger charge is -2.47. The normalized spacial score (nSPS) is 26.0. The number of aliphatic imine (C=N–C) groups is 1. The molecule has 2 aliphatic heterocycles. The van der Waals surface area contributed by atoms with Gasteiger partial charge in [0.25, 0.3) is 0 Å². The molecule has 1 aromatic rings. The standard InChI is InChI=1S/C18H22N4O3/c1-12(23)24-16-15(22-10-9-21(4)17(22)20-11-19)13-7-5-6-8-14(13)25-18(16,2)3/h5-8,15-16H,9-10H2,1-4H3. The Hall–Kier alpha value is -2.75. The van der Waals surface area contributed by atoms with Crippen LogP contribution in [0.1, 0.15) is 32.4 Å². The van der Waals surface area contributed by atoms with Crippen LogP contribution < -0.4 is 4.74 Å². The largest absolute Gasteiger partial charge is 0.484 e. The van der Waals surface area contributed by atoms with Crippen molar-refractivity contribution in [3.05, 3.63) is 29.8 Å². The lowest BCUT2D eigenvalue weighted by Crippen LogP contribution is -2.56. The number of rotatable bonds is 2. The van der Waals surface area contributed by atoms with Gasteiger partial charge in [0.2, 0.25) is 12.2 Å². The molecule has 0 saturated carbocycles. The molecule has 0 N–H and O–H groups in total. The van der Waals surface area contributed by atoms with E-state index in [-0.39, 0.29) is 12.0 Å². The number of guanidine groups is 1. The molecule has 2 heterocycles. The predicted molar refractivity (Wildman–Crippen MR) is 91.8 cm³/mol. The summed E-state index contributed by atoms with van der Waals surface area (Å²) < 4.78 is 11.8. The number of hydrogen-bond acceptors (Lipinski definition) is 5. The number of ether oxygens (including phenoxy) is 2. The number of carbonyl (C=O) groups excluding carboxylic acids is 1. The predicted octanol–water partition coefficient (Wildman–Crippen LogP) is 1.91. The van der Waals surface area contributed by atoms with Crippen LogP contribution in [0.25, 0.3) is 0 Å². The summed E-state index contributed by atoms with van der Waals surface area (Å²) in [7, 11) is 1.90. The van der Waals surface area contributed by atoms with Crippen LogP contribution >= 0.6 is 0 Å². The van der Waals surface area contributed by atoms with Gasteiger partial charge in [-0.25, -0.2) is 0 Å². The fourth-order valence-corrected chi connectivity index (χ4v) is 3.55. The molecule has 0 amide bonds. The van der Waals surface area contributed by atoms with Gasteiger partial charge in [-0.1, -0.05) is 18.2 Å². The number of benzene rings is 1. The molecule has 3 rings (SSSR count). The van der Waals surface area contributed by atoms with Gasteiger partial charge in [0.15, 0.2) is 6.10 Å². The molecule has 0 spiro atoms. The SMILES string of the molecule is CC(=O)OC1C(N2CCN(C)C2=NC#N)c2ccccc2OC1(C)C. The molecule has 1 saturated heterocycles. The molecule has 132 valence electrons. The molecule has 0 bridgehead atoms. The van der Waals surface area contributed by atoms with Crippen molar-refractivity contribution >= 4 is 11.9 Å². The maximum absolute atomic E-state index is 11.8. The van der Waals surface area contributed by atoms with Gasteiger partial charge in [-0.15, -0.1) is 4.99 Å². The van der Waals surface area contributed by atoms with Crippen molar-refractivity contribution in [2.75, 3.05) is 20.1 Å². The summed E-state index contributed by atoms with van der Waals surface area (Å²) >= 11 is 0. The first-order chi connectivity index (χ1) is 11.8. The van der Waals surface area contributed by atoms with E-state index in [0.29, 0.717) is 12.5 Å². The maximum Gasteiger partial charge on any atom is 0.303 e. The van der Waals surface area contributed by atoms with Gasteiger partial charge in [0.1, 0.15) is 17.4 Å². The average Bonchev–Trinajstić information content (AvgIpc) is 2.89. The van der Waals surface area contributed by atoms with E-state index in [1.54, 1.807) is 0 Å². The van der Waals surface area contributed by atoms with Crippen molar-refractivity contribution in [3.63, 3.8) is 0 Å². The highest BCUT2D eigenvalue weighted by molar-refractivity contribution is 5.83. The fourth-order valence-electron chi connectivity index (χ4n) is 3.55. The first-order valence-corrected chi connectivity index (χ1v) is 8.25. The number of nitrogens with zero attached hydrogens (tertiary/aromatic N) is 4. The van der Waals surface area contributed by atoms with Crippen molar-refractivity contribution in [2.45, 2.75) is 38.5 Å². The molecule has 0 aliphatic carbocycles. The Bertz CT molecular complexity index is 753. The van der Waals surface area contributed by atoms with Gasteiger partial charge in [0, 0.05) is 32.6 Å². The lowest BCUT2D eigenvalue weighted by atomic mass is 9.85. The number of esters is 1. The van der Waals surface area contributed by atoms with Crippen molar-refractivity contribution in [1.29, 1.82) is 5.26 Å². The third-order valence-corrected chi connectivity index (χ3v) is 4.64. The summed E-state index contributed by atoms with van der Waals surface area (Å²) in [4.78, 5) is 19.7. The summed E-state index contributed by atoms with van der Waals surface area (Å²) in [6, 6.07) is 7.45. The summed E-state index contributed by atoms with van der Waals surface area (Å²) in [5.74, 6) is 0.973. The van der Waals surface area contributed by atoms with Gasteiger partial charge in [0.05, 0.1) is 0 Å². The van der Waals surface area contributed by atoms with E-state index in [9.17, 15) is 4.79 Å². The van der Waals surface area contributed by atoms with Gasteiger partial charge < -0.3 is 19.3 Å². The van der Waals surface area contributed by atoms with Crippen LogP contribution in [0.3, 0.4) is 0 Å². The number of fused-ring (bicyclic) bond motifs is 1. The molecule has 7 heteroatoms. The van der Waals surface area contributed by atoms with E-state index in [1.807, 2.05) is 61.2 Å². The zero-order valence-corrected chi connectivity index (χ0v) is 14.9. The Kier molecular flexibility index (Phi) is 4.29. The molecular formula is C18H22N4O3.